The van der Waals surface area contributed by atoms with Crippen molar-refractivity contribution in [2.45, 2.75) is 5.16 Å². The smallest absolute Gasteiger partial charge is 0.196 e. The molecule has 1 aromatic heterocycles. The summed E-state index contributed by atoms with van der Waals surface area (Å²) in [7, 11) is 1.69. The minimum atomic E-state index is 0.800. The molecule has 28 heavy (non-hydrogen) atoms. The zero-order valence-corrected chi connectivity index (χ0v) is 16.8. The molecule has 1 fully saturated rings. The van der Waals surface area contributed by atoms with Crippen LogP contribution in [0.15, 0.2) is 59.8 Å². The van der Waals surface area contributed by atoms with Gasteiger partial charge in [-0.15, -0.1) is 10.2 Å². The molecule has 0 spiro atoms. The zero-order chi connectivity index (χ0) is 19.2. The first-order valence-corrected chi connectivity index (χ1v) is 10.4. The van der Waals surface area contributed by atoms with Gasteiger partial charge in [0.25, 0.3) is 0 Å². The second-order valence-corrected chi connectivity index (χ2v) is 7.54. The van der Waals surface area contributed by atoms with E-state index >= 15 is 0 Å². The van der Waals surface area contributed by atoms with Gasteiger partial charge < -0.3 is 9.47 Å². The second kappa shape index (κ2) is 9.23. The number of ether oxygens (including phenoxy) is 2. The largest absolute Gasteiger partial charge is 0.495 e. The SMILES string of the molecule is COc1ccccc1-n1c(SCCN2CCOCC2)nnc1-c1ccccc1. The first-order chi connectivity index (χ1) is 13.9. The topological polar surface area (TPSA) is 52.4 Å². The summed E-state index contributed by atoms with van der Waals surface area (Å²) in [6.45, 7) is 4.64. The predicted molar refractivity (Wildman–Crippen MR) is 111 cm³/mol. The molecule has 0 saturated carbocycles. The second-order valence-electron chi connectivity index (χ2n) is 6.48. The highest BCUT2D eigenvalue weighted by atomic mass is 32.2. The fraction of sp³-hybridized carbons (Fsp3) is 0.333. The van der Waals surface area contributed by atoms with Crippen molar-refractivity contribution in [3.63, 3.8) is 0 Å². The van der Waals surface area contributed by atoms with E-state index in [9.17, 15) is 0 Å². The minimum Gasteiger partial charge on any atom is -0.495 e. The average Bonchev–Trinajstić information content (AvgIpc) is 3.19. The summed E-state index contributed by atoms with van der Waals surface area (Å²) in [6, 6.07) is 18.1. The van der Waals surface area contributed by atoms with Gasteiger partial charge in [0.1, 0.15) is 5.75 Å². The molecule has 7 heteroatoms. The van der Waals surface area contributed by atoms with E-state index in [4.69, 9.17) is 9.47 Å². The minimum absolute atomic E-state index is 0.800. The summed E-state index contributed by atoms with van der Waals surface area (Å²) in [5.74, 6) is 2.57. The number of benzene rings is 2. The molecule has 0 radical (unpaired) electrons. The van der Waals surface area contributed by atoms with Crippen LogP contribution in [0.5, 0.6) is 5.75 Å². The molecule has 1 aliphatic heterocycles. The average molecular weight is 397 g/mol. The van der Waals surface area contributed by atoms with Crippen LogP contribution in [0.25, 0.3) is 17.1 Å². The third-order valence-electron chi connectivity index (χ3n) is 4.73. The van der Waals surface area contributed by atoms with Gasteiger partial charge in [0.2, 0.25) is 0 Å². The number of nitrogens with zero attached hydrogens (tertiary/aromatic N) is 4. The number of hydrogen-bond donors (Lipinski definition) is 0. The van der Waals surface area contributed by atoms with Crippen LogP contribution in [0.3, 0.4) is 0 Å². The maximum absolute atomic E-state index is 5.61. The molecular weight excluding hydrogens is 372 g/mol. The van der Waals surface area contributed by atoms with Crippen LogP contribution in [-0.4, -0.2) is 65.4 Å². The van der Waals surface area contributed by atoms with E-state index in [-0.39, 0.29) is 0 Å². The lowest BCUT2D eigenvalue weighted by Gasteiger charge is -2.26. The number of aromatic nitrogens is 3. The summed E-state index contributed by atoms with van der Waals surface area (Å²) in [4.78, 5) is 2.43. The van der Waals surface area contributed by atoms with Crippen LogP contribution in [0, 0.1) is 0 Å². The van der Waals surface area contributed by atoms with Gasteiger partial charge in [0, 0.05) is 31.0 Å². The number of rotatable bonds is 7. The molecule has 0 amide bonds. The molecule has 3 aromatic rings. The molecule has 4 rings (SSSR count). The van der Waals surface area contributed by atoms with Gasteiger partial charge in [-0.3, -0.25) is 9.47 Å². The summed E-state index contributed by atoms with van der Waals surface area (Å²) >= 11 is 1.72. The molecule has 146 valence electrons. The molecule has 1 saturated heterocycles. The molecule has 0 N–H and O–H groups in total. The van der Waals surface area contributed by atoms with E-state index in [1.54, 1.807) is 18.9 Å². The van der Waals surface area contributed by atoms with Crippen LogP contribution in [0.4, 0.5) is 0 Å². The highest BCUT2D eigenvalue weighted by Crippen LogP contribution is 2.32. The van der Waals surface area contributed by atoms with Crippen molar-refractivity contribution in [2.75, 3.05) is 45.7 Å². The van der Waals surface area contributed by atoms with Crippen molar-refractivity contribution >= 4 is 11.8 Å². The fourth-order valence-electron chi connectivity index (χ4n) is 3.26. The highest BCUT2D eigenvalue weighted by Gasteiger charge is 2.19. The number of para-hydroxylation sites is 2. The Bertz CT molecular complexity index is 894. The molecule has 0 unspecified atom stereocenters. The Morgan fingerprint density at radius 1 is 1.00 bits per heavy atom. The first-order valence-electron chi connectivity index (χ1n) is 9.44. The van der Waals surface area contributed by atoms with E-state index in [1.165, 1.54) is 0 Å². The van der Waals surface area contributed by atoms with E-state index in [2.05, 4.69) is 31.8 Å². The van der Waals surface area contributed by atoms with Crippen LogP contribution in [-0.2, 0) is 4.74 Å². The molecule has 0 atom stereocenters. The molecule has 2 aromatic carbocycles. The van der Waals surface area contributed by atoms with E-state index < -0.39 is 0 Å². The van der Waals surface area contributed by atoms with E-state index in [0.717, 1.165) is 66.6 Å². The first kappa shape index (κ1) is 19.0. The van der Waals surface area contributed by atoms with Gasteiger partial charge >= 0.3 is 0 Å². The fourth-order valence-corrected chi connectivity index (χ4v) is 4.20. The molecule has 0 bridgehead atoms. The number of methoxy groups -OCH3 is 1. The monoisotopic (exact) mass is 396 g/mol. The van der Waals surface area contributed by atoms with E-state index in [0.29, 0.717) is 0 Å². The van der Waals surface area contributed by atoms with Crippen molar-refractivity contribution in [3.8, 4) is 22.8 Å². The van der Waals surface area contributed by atoms with E-state index in [1.807, 2.05) is 42.5 Å². The van der Waals surface area contributed by atoms with Crippen molar-refractivity contribution in [1.29, 1.82) is 0 Å². The van der Waals surface area contributed by atoms with Crippen molar-refractivity contribution in [3.05, 3.63) is 54.6 Å². The Morgan fingerprint density at radius 2 is 1.75 bits per heavy atom. The number of thioether (sulfide) groups is 1. The third-order valence-corrected chi connectivity index (χ3v) is 5.64. The van der Waals surface area contributed by atoms with Crippen LogP contribution >= 0.6 is 11.8 Å². The Labute approximate surface area is 169 Å². The molecular formula is C21H24N4O2S. The quantitative estimate of drug-likeness (QED) is 0.571. The van der Waals surface area contributed by atoms with Gasteiger partial charge in [0.15, 0.2) is 11.0 Å². The van der Waals surface area contributed by atoms with Gasteiger partial charge in [-0.1, -0.05) is 54.2 Å². The van der Waals surface area contributed by atoms with Crippen LogP contribution in [0.2, 0.25) is 0 Å². The van der Waals surface area contributed by atoms with Crippen molar-refractivity contribution < 1.29 is 9.47 Å². The maximum Gasteiger partial charge on any atom is 0.196 e. The number of hydrogen-bond acceptors (Lipinski definition) is 6. The normalized spacial score (nSPS) is 14.9. The van der Waals surface area contributed by atoms with Crippen molar-refractivity contribution in [1.82, 2.24) is 19.7 Å². The van der Waals surface area contributed by atoms with Crippen LogP contribution < -0.4 is 4.74 Å². The lowest BCUT2D eigenvalue weighted by molar-refractivity contribution is 0.0410. The maximum atomic E-state index is 5.61. The van der Waals surface area contributed by atoms with Crippen LogP contribution in [0.1, 0.15) is 0 Å². The highest BCUT2D eigenvalue weighted by molar-refractivity contribution is 7.99. The Morgan fingerprint density at radius 3 is 2.54 bits per heavy atom. The van der Waals surface area contributed by atoms with Gasteiger partial charge in [0.05, 0.1) is 26.0 Å². The lowest BCUT2D eigenvalue weighted by Crippen LogP contribution is -2.37. The number of morpholine rings is 1. The van der Waals surface area contributed by atoms with Crippen molar-refractivity contribution in [2.24, 2.45) is 0 Å². The molecule has 6 nitrogen and oxygen atoms in total. The lowest BCUT2D eigenvalue weighted by atomic mass is 10.2. The third kappa shape index (κ3) is 4.22. The Kier molecular flexibility index (Phi) is 6.26. The van der Waals surface area contributed by atoms with Gasteiger partial charge in [-0.05, 0) is 12.1 Å². The standard InChI is InChI=1S/C21H24N4O2S/c1-26-19-10-6-5-9-18(19)25-20(17-7-3-2-4-8-17)22-23-21(25)28-16-13-24-11-14-27-15-12-24/h2-10H,11-16H2,1H3. The molecule has 2 heterocycles. The predicted octanol–water partition coefficient (Wildman–Crippen LogP) is 3.37. The summed E-state index contributed by atoms with van der Waals surface area (Å²) in [5.41, 5.74) is 1.98. The molecule has 1 aliphatic rings. The van der Waals surface area contributed by atoms with Gasteiger partial charge in [-0.25, -0.2) is 0 Å². The molecule has 0 aliphatic carbocycles. The summed E-state index contributed by atoms with van der Waals surface area (Å²) in [6.07, 6.45) is 0. The zero-order valence-electron chi connectivity index (χ0n) is 16.0. The van der Waals surface area contributed by atoms with Gasteiger partial charge in [-0.2, -0.15) is 0 Å². The summed E-state index contributed by atoms with van der Waals surface area (Å²) in [5, 5.41) is 9.88. The Hall–Kier alpha value is -2.35. The Balaban J connectivity index is 1.63. The summed E-state index contributed by atoms with van der Waals surface area (Å²) < 4.78 is 13.1.